The molecule has 0 saturated carbocycles. The van der Waals surface area contributed by atoms with Gasteiger partial charge in [0, 0.05) is 25.2 Å². The van der Waals surface area contributed by atoms with Crippen LogP contribution < -0.4 is 5.32 Å². The zero-order valence-corrected chi connectivity index (χ0v) is 15.7. The van der Waals surface area contributed by atoms with Crippen LogP contribution in [-0.4, -0.2) is 38.2 Å². The second kappa shape index (κ2) is 7.15. The molecule has 0 spiro atoms. The van der Waals surface area contributed by atoms with E-state index in [-0.39, 0.29) is 16.7 Å². The molecule has 4 rings (SSSR count). The highest BCUT2D eigenvalue weighted by molar-refractivity contribution is 7.90. The van der Waals surface area contributed by atoms with Crippen LogP contribution in [0.25, 0.3) is 0 Å². The van der Waals surface area contributed by atoms with E-state index in [0.717, 1.165) is 18.4 Å². The van der Waals surface area contributed by atoms with Crippen LogP contribution >= 0.6 is 0 Å². The standard InChI is InChI=1S/C20H21N3O3S/c24-20(21-13-15-7-2-1-3-8-15)16-9-6-12-23(14-16)19-17-10-4-5-11-18(17)27(25,26)22-19/h1-5,7-8,10-11,16H,6,9,12-14H2,(H,21,24)/t16-/m1/s1. The quantitative estimate of drug-likeness (QED) is 0.881. The van der Waals surface area contributed by atoms with E-state index in [9.17, 15) is 13.2 Å². The van der Waals surface area contributed by atoms with Gasteiger partial charge in [-0.3, -0.25) is 4.79 Å². The van der Waals surface area contributed by atoms with E-state index in [4.69, 9.17) is 0 Å². The van der Waals surface area contributed by atoms with Crippen LogP contribution in [0.5, 0.6) is 0 Å². The number of benzene rings is 2. The van der Waals surface area contributed by atoms with Gasteiger partial charge in [0.05, 0.1) is 5.92 Å². The van der Waals surface area contributed by atoms with Crippen LogP contribution in [0.1, 0.15) is 24.0 Å². The number of carbonyl (C=O) groups excluding carboxylic acids is 1. The number of sulfonamides is 1. The number of hydrogen-bond acceptors (Lipinski definition) is 4. The Hall–Kier alpha value is -2.67. The Labute approximate surface area is 159 Å². The Kier molecular flexibility index (Phi) is 4.70. The van der Waals surface area contributed by atoms with E-state index < -0.39 is 10.0 Å². The van der Waals surface area contributed by atoms with Crippen LogP contribution in [0.15, 0.2) is 63.9 Å². The first-order valence-corrected chi connectivity index (χ1v) is 10.5. The number of carbonyl (C=O) groups is 1. The highest BCUT2D eigenvalue weighted by Gasteiger charge is 2.35. The molecule has 1 amide bonds. The van der Waals surface area contributed by atoms with Crippen LogP contribution in [-0.2, 0) is 21.4 Å². The fourth-order valence-corrected chi connectivity index (χ4v) is 4.86. The number of piperidine rings is 1. The van der Waals surface area contributed by atoms with Crippen molar-refractivity contribution in [1.82, 2.24) is 10.2 Å². The zero-order valence-electron chi connectivity index (χ0n) is 14.8. The number of likely N-dealkylation sites (tertiary alicyclic amines) is 1. The molecule has 1 atom stereocenters. The topological polar surface area (TPSA) is 78.8 Å². The summed E-state index contributed by atoms with van der Waals surface area (Å²) in [6, 6.07) is 16.6. The van der Waals surface area contributed by atoms with E-state index in [1.165, 1.54) is 0 Å². The van der Waals surface area contributed by atoms with Crippen LogP contribution in [0, 0.1) is 5.92 Å². The first kappa shape index (κ1) is 17.7. The fraction of sp³-hybridized carbons (Fsp3) is 0.300. The number of nitrogens with one attached hydrogen (secondary N) is 1. The lowest BCUT2D eigenvalue weighted by Gasteiger charge is -2.33. The third-order valence-electron chi connectivity index (χ3n) is 5.01. The molecule has 1 saturated heterocycles. The molecule has 2 aromatic carbocycles. The molecular formula is C20H21N3O3S. The van der Waals surface area contributed by atoms with Crippen molar-refractivity contribution in [2.24, 2.45) is 10.3 Å². The Morgan fingerprint density at radius 1 is 1.11 bits per heavy atom. The largest absolute Gasteiger partial charge is 0.355 e. The van der Waals surface area contributed by atoms with Gasteiger partial charge in [-0.05, 0) is 30.5 Å². The number of nitrogens with zero attached hydrogens (tertiary/aromatic N) is 2. The second-order valence-electron chi connectivity index (χ2n) is 6.87. The van der Waals surface area contributed by atoms with Gasteiger partial charge in [0.15, 0.2) is 5.84 Å². The Balaban J connectivity index is 1.47. The highest BCUT2D eigenvalue weighted by atomic mass is 32.2. The molecular weight excluding hydrogens is 362 g/mol. The molecule has 2 aromatic rings. The van der Waals surface area contributed by atoms with Crippen molar-refractivity contribution in [3.05, 3.63) is 65.7 Å². The summed E-state index contributed by atoms with van der Waals surface area (Å²) in [6.07, 6.45) is 1.61. The summed E-state index contributed by atoms with van der Waals surface area (Å²) in [5.74, 6) is 0.282. The van der Waals surface area contributed by atoms with Crippen LogP contribution in [0.3, 0.4) is 0 Å². The summed E-state index contributed by atoms with van der Waals surface area (Å²) < 4.78 is 28.6. The van der Waals surface area contributed by atoms with E-state index >= 15 is 0 Å². The van der Waals surface area contributed by atoms with Gasteiger partial charge in [-0.2, -0.15) is 8.42 Å². The predicted molar refractivity (Wildman–Crippen MR) is 103 cm³/mol. The van der Waals surface area contributed by atoms with Gasteiger partial charge < -0.3 is 10.2 Å². The Bertz CT molecular complexity index is 987. The zero-order chi connectivity index (χ0) is 18.9. The summed E-state index contributed by atoms with van der Waals surface area (Å²) in [5, 5.41) is 2.99. The lowest BCUT2D eigenvalue weighted by Crippen LogP contribution is -2.45. The van der Waals surface area contributed by atoms with Crippen molar-refractivity contribution >= 4 is 21.8 Å². The summed E-state index contributed by atoms with van der Waals surface area (Å²) in [5.41, 5.74) is 1.68. The van der Waals surface area contributed by atoms with E-state index in [1.54, 1.807) is 18.2 Å². The molecule has 0 unspecified atom stereocenters. The number of fused-ring (bicyclic) bond motifs is 1. The summed E-state index contributed by atoms with van der Waals surface area (Å²) in [4.78, 5) is 14.8. The molecule has 7 heteroatoms. The minimum Gasteiger partial charge on any atom is -0.355 e. The Morgan fingerprint density at radius 3 is 2.67 bits per heavy atom. The molecule has 0 bridgehead atoms. The minimum absolute atomic E-state index is 0.00158. The molecule has 6 nitrogen and oxygen atoms in total. The molecule has 0 radical (unpaired) electrons. The molecule has 1 N–H and O–H groups in total. The Morgan fingerprint density at radius 2 is 1.85 bits per heavy atom. The maximum atomic E-state index is 12.6. The van der Waals surface area contributed by atoms with Crippen molar-refractivity contribution in [3.63, 3.8) is 0 Å². The maximum Gasteiger partial charge on any atom is 0.285 e. The van der Waals surface area contributed by atoms with E-state index in [1.807, 2.05) is 41.3 Å². The molecule has 1 fully saturated rings. The van der Waals surface area contributed by atoms with Crippen molar-refractivity contribution in [2.45, 2.75) is 24.3 Å². The molecule has 27 heavy (non-hydrogen) atoms. The van der Waals surface area contributed by atoms with Crippen molar-refractivity contribution in [2.75, 3.05) is 13.1 Å². The van der Waals surface area contributed by atoms with Gasteiger partial charge in [0.1, 0.15) is 4.90 Å². The fourth-order valence-electron chi connectivity index (χ4n) is 3.63. The van der Waals surface area contributed by atoms with Crippen LogP contribution in [0.4, 0.5) is 0 Å². The first-order valence-electron chi connectivity index (χ1n) is 9.05. The number of amides is 1. The molecule has 2 aliphatic rings. The lowest BCUT2D eigenvalue weighted by molar-refractivity contribution is -0.126. The van der Waals surface area contributed by atoms with Crippen LogP contribution in [0.2, 0.25) is 0 Å². The normalized spacial score (nSPS) is 20.7. The SMILES string of the molecule is O=C(NCc1ccccc1)[C@@H]1CCCN(C2=NS(=O)(=O)c3ccccc32)C1. The summed E-state index contributed by atoms with van der Waals surface area (Å²) in [6.45, 7) is 1.67. The van der Waals surface area contributed by atoms with E-state index in [0.29, 0.717) is 31.0 Å². The average Bonchev–Trinajstić information content (AvgIpc) is 2.98. The third-order valence-corrected chi connectivity index (χ3v) is 6.34. The molecule has 140 valence electrons. The first-order chi connectivity index (χ1) is 13.0. The van der Waals surface area contributed by atoms with Crippen molar-refractivity contribution in [1.29, 1.82) is 0 Å². The summed E-state index contributed by atoms with van der Waals surface area (Å²) in [7, 11) is -3.64. The average molecular weight is 383 g/mol. The smallest absolute Gasteiger partial charge is 0.285 e. The molecule has 0 aromatic heterocycles. The van der Waals surface area contributed by atoms with Gasteiger partial charge in [-0.1, -0.05) is 42.5 Å². The monoisotopic (exact) mass is 383 g/mol. The van der Waals surface area contributed by atoms with Gasteiger partial charge in [-0.15, -0.1) is 4.40 Å². The summed E-state index contributed by atoms with van der Waals surface area (Å²) >= 11 is 0. The lowest BCUT2D eigenvalue weighted by atomic mass is 9.96. The van der Waals surface area contributed by atoms with Gasteiger partial charge in [0.25, 0.3) is 10.0 Å². The van der Waals surface area contributed by atoms with Gasteiger partial charge in [-0.25, -0.2) is 0 Å². The van der Waals surface area contributed by atoms with E-state index in [2.05, 4.69) is 9.71 Å². The number of hydrogen-bond donors (Lipinski definition) is 1. The van der Waals surface area contributed by atoms with Gasteiger partial charge in [0.2, 0.25) is 5.91 Å². The molecule has 0 aliphatic carbocycles. The number of rotatable bonds is 3. The minimum atomic E-state index is -3.64. The van der Waals surface area contributed by atoms with Crippen molar-refractivity contribution < 1.29 is 13.2 Å². The molecule has 2 heterocycles. The maximum absolute atomic E-state index is 12.6. The highest BCUT2D eigenvalue weighted by Crippen LogP contribution is 2.29. The molecule has 2 aliphatic heterocycles. The van der Waals surface area contributed by atoms with Gasteiger partial charge >= 0.3 is 0 Å². The number of amidine groups is 1. The van der Waals surface area contributed by atoms with Crippen molar-refractivity contribution in [3.8, 4) is 0 Å². The third kappa shape index (κ3) is 3.60. The predicted octanol–water partition coefficient (Wildman–Crippen LogP) is 2.16. The second-order valence-corrected chi connectivity index (χ2v) is 8.45.